The molecule has 43 heavy (non-hydrogen) atoms. The van der Waals surface area contributed by atoms with Crippen LogP contribution in [0.2, 0.25) is 0 Å². The van der Waals surface area contributed by atoms with Crippen molar-refractivity contribution in [3.8, 4) is 0 Å². The van der Waals surface area contributed by atoms with Crippen molar-refractivity contribution in [2.75, 3.05) is 32.7 Å². The average Bonchev–Trinajstić information content (AvgIpc) is 3.64. The van der Waals surface area contributed by atoms with Crippen molar-refractivity contribution in [2.24, 2.45) is 0 Å². The van der Waals surface area contributed by atoms with E-state index in [9.17, 15) is 4.79 Å². The number of amides is 1. The summed E-state index contributed by atoms with van der Waals surface area (Å²) >= 11 is 0. The van der Waals surface area contributed by atoms with Crippen LogP contribution in [-0.4, -0.2) is 59.6 Å². The molecule has 5 heteroatoms. The van der Waals surface area contributed by atoms with Crippen molar-refractivity contribution in [1.82, 2.24) is 14.9 Å². The number of fused-ring (bicyclic) bond motifs is 1. The van der Waals surface area contributed by atoms with Gasteiger partial charge in [0.25, 0.3) is 5.91 Å². The number of hydrogen-bond donors (Lipinski definition) is 0. The Balaban J connectivity index is 1.37. The lowest BCUT2D eigenvalue weighted by Crippen LogP contribution is -2.44. The van der Waals surface area contributed by atoms with Gasteiger partial charge in [0, 0.05) is 39.1 Å². The summed E-state index contributed by atoms with van der Waals surface area (Å²) in [5.41, 5.74) is 7.22. The topological polar surface area (TPSA) is 39.9 Å². The molecule has 0 saturated carbocycles. The molecule has 1 atom stereocenters. The standard InChI is InChI=1S/C38H53N3O2/c1-9-39-25-31(26-40(39)10-2)41(21-18-27(3)29-14-12-11-13-15-29)36(42)35-17-16-32(43-35)23-30-24-34-33(22-28(30)4)37(5,6)19-20-38(34,7)8/h11-17,22,24,27,31H,9-10,18-21,23,25-26H2,1-8H3. The molecule has 2 aliphatic rings. The Kier molecular flexibility index (Phi) is 9.25. The maximum absolute atomic E-state index is 14.1. The highest BCUT2D eigenvalue weighted by atomic mass is 16.4. The minimum atomic E-state index is 0.00978. The molecule has 2 heterocycles. The van der Waals surface area contributed by atoms with Crippen LogP contribution in [0.5, 0.6) is 0 Å². The number of benzene rings is 2. The van der Waals surface area contributed by atoms with Crippen molar-refractivity contribution in [3.05, 3.63) is 93.9 Å². The van der Waals surface area contributed by atoms with Crippen molar-refractivity contribution in [2.45, 2.75) is 104 Å². The highest BCUT2D eigenvalue weighted by Gasteiger charge is 2.38. The highest BCUT2D eigenvalue weighted by molar-refractivity contribution is 5.91. The summed E-state index contributed by atoms with van der Waals surface area (Å²) in [6.45, 7) is 22.7. The lowest BCUT2D eigenvalue weighted by Gasteiger charge is -2.42. The maximum Gasteiger partial charge on any atom is 0.289 e. The van der Waals surface area contributed by atoms with Gasteiger partial charge in [-0.3, -0.25) is 4.79 Å². The number of likely N-dealkylation sites (N-methyl/N-ethyl adjacent to an activating group) is 2. The van der Waals surface area contributed by atoms with Crippen LogP contribution in [0.3, 0.4) is 0 Å². The normalized spacial score (nSPS) is 19.3. The van der Waals surface area contributed by atoms with E-state index in [4.69, 9.17) is 4.42 Å². The van der Waals surface area contributed by atoms with Crippen LogP contribution >= 0.6 is 0 Å². The van der Waals surface area contributed by atoms with E-state index >= 15 is 0 Å². The number of hydrazine groups is 1. The van der Waals surface area contributed by atoms with E-state index in [1.54, 1.807) is 0 Å². The van der Waals surface area contributed by atoms with Crippen molar-refractivity contribution < 1.29 is 9.21 Å². The molecule has 1 saturated heterocycles. The zero-order valence-electron chi connectivity index (χ0n) is 27.9. The van der Waals surface area contributed by atoms with Gasteiger partial charge < -0.3 is 9.32 Å². The number of nitrogens with zero attached hydrogens (tertiary/aromatic N) is 3. The molecular weight excluding hydrogens is 530 g/mol. The molecule has 1 amide bonds. The monoisotopic (exact) mass is 583 g/mol. The maximum atomic E-state index is 14.1. The first-order chi connectivity index (χ1) is 20.4. The summed E-state index contributed by atoms with van der Waals surface area (Å²) in [6, 6.07) is 19.5. The van der Waals surface area contributed by atoms with Crippen LogP contribution in [0.25, 0.3) is 0 Å². The van der Waals surface area contributed by atoms with E-state index in [0.717, 1.165) is 38.4 Å². The summed E-state index contributed by atoms with van der Waals surface area (Å²) in [5.74, 6) is 1.69. The predicted octanol–water partition coefficient (Wildman–Crippen LogP) is 8.10. The molecule has 0 spiro atoms. The van der Waals surface area contributed by atoms with E-state index in [-0.39, 0.29) is 22.8 Å². The van der Waals surface area contributed by atoms with Gasteiger partial charge in [0.1, 0.15) is 5.76 Å². The summed E-state index contributed by atoms with van der Waals surface area (Å²) in [5, 5.41) is 4.75. The van der Waals surface area contributed by atoms with Gasteiger partial charge in [0.15, 0.2) is 5.76 Å². The van der Waals surface area contributed by atoms with Crippen LogP contribution in [0.4, 0.5) is 0 Å². The number of rotatable bonds is 10. The Morgan fingerprint density at radius 3 is 2.14 bits per heavy atom. The molecule has 2 aromatic carbocycles. The van der Waals surface area contributed by atoms with Gasteiger partial charge >= 0.3 is 0 Å². The Morgan fingerprint density at radius 1 is 0.930 bits per heavy atom. The molecule has 0 bridgehead atoms. The zero-order chi connectivity index (χ0) is 30.9. The van der Waals surface area contributed by atoms with Gasteiger partial charge in [0.05, 0.1) is 6.04 Å². The minimum Gasteiger partial charge on any atom is -0.456 e. The second-order valence-corrected chi connectivity index (χ2v) is 14.3. The number of hydrogen-bond acceptors (Lipinski definition) is 4. The fourth-order valence-corrected chi connectivity index (χ4v) is 7.24. The van der Waals surface area contributed by atoms with Gasteiger partial charge in [-0.1, -0.05) is 90.9 Å². The molecular formula is C38H53N3O2. The van der Waals surface area contributed by atoms with E-state index in [2.05, 4.69) is 113 Å². The molecule has 1 aliphatic carbocycles. The SMILES string of the molecule is CCN1CC(N(CCC(C)c2ccccc2)C(=O)c2ccc(Cc3cc4c(cc3C)C(C)(C)CCC4(C)C)o2)CN1CC. The smallest absolute Gasteiger partial charge is 0.289 e. The molecule has 0 radical (unpaired) electrons. The van der Waals surface area contributed by atoms with E-state index in [1.807, 2.05) is 12.1 Å². The molecule has 0 N–H and O–H groups in total. The first-order valence-corrected chi connectivity index (χ1v) is 16.5. The molecule has 1 fully saturated rings. The van der Waals surface area contributed by atoms with Crippen molar-refractivity contribution in [1.29, 1.82) is 0 Å². The van der Waals surface area contributed by atoms with E-state index < -0.39 is 0 Å². The number of carbonyl (C=O) groups is 1. The third-order valence-corrected chi connectivity index (χ3v) is 10.4. The van der Waals surface area contributed by atoms with Crippen LogP contribution in [0.15, 0.2) is 59.0 Å². The lowest BCUT2D eigenvalue weighted by molar-refractivity contribution is 0.0388. The Labute approximate surface area is 260 Å². The minimum absolute atomic E-state index is 0.00978. The van der Waals surface area contributed by atoms with Crippen LogP contribution < -0.4 is 0 Å². The van der Waals surface area contributed by atoms with E-state index in [1.165, 1.54) is 40.7 Å². The van der Waals surface area contributed by atoms with Crippen LogP contribution in [0, 0.1) is 6.92 Å². The summed E-state index contributed by atoms with van der Waals surface area (Å²) in [4.78, 5) is 16.2. The first kappa shape index (κ1) is 31.5. The van der Waals surface area contributed by atoms with Crippen molar-refractivity contribution in [3.63, 3.8) is 0 Å². The van der Waals surface area contributed by atoms with Gasteiger partial charge in [-0.25, -0.2) is 10.0 Å². The number of carbonyl (C=O) groups excluding carboxylic acids is 1. The number of furan rings is 1. The highest BCUT2D eigenvalue weighted by Crippen LogP contribution is 2.46. The second kappa shape index (κ2) is 12.6. The summed E-state index contributed by atoms with van der Waals surface area (Å²) in [7, 11) is 0. The van der Waals surface area contributed by atoms with Crippen LogP contribution in [0.1, 0.15) is 118 Å². The molecule has 3 aromatic rings. The average molecular weight is 584 g/mol. The molecule has 232 valence electrons. The third kappa shape index (κ3) is 6.63. The summed E-state index contributed by atoms with van der Waals surface area (Å²) < 4.78 is 6.36. The molecule has 5 nitrogen and oxygen atoms in total. The largest absolute Gasteiger partial charge is 0.456 e. The van der Waals surface area contributed by atoms with Gasteiger partial charge in [-0.15, -0.1) is 0 Å². The van der Waals surface area contributed by atoms with E-state index in [0.29, 0.717) is 24.6 Å². The summed E-state index contributed by atoms with van der Waals surface area (Å²) in [6.07, 6.45) is 4.02. The third-order valence-electron chi connectivity index (χ3n) is 10.4. The molecule has 1 aromatic heterocycles. The fourth-order valence-electron chi connectivity index (χ4n) is 7.24. The number of aryl methyl sites for hydroxylation is 1. The van der Waals surface area contributed by atoms with Crippen molar-refractivity contribution >= 4 is 5.91 Å². The molecule has 5 rings (SSSR count). The Bertz CT molecular complexity index is 1390. The molecule has 1 aliphatic heterocycles. The van der Waals surface area contributed by atoms with Gasteiger partial charge in [-0.05, 0) is 82.9 Å². The quantitative estimate of drug-likeness (QED) is 0.242. The predicted molar refractivity (Wildman–Crippen MR) is 177 cm³/mol. The Hall–Kier alpha value is -2.89. The van der Waals surface area contributed by atoms with Gasteiger partial charge in [-0.2, -0.15) is 0 Å². The fraction of sp³-hybridized carbons (Fsp3) is 0.553. The Morgan fingerprint density at radius 2 is 1.53 bits per heavy atom. The zero-order valence-corrected chi connectivity index (χ0v) is 27.9. The lowest BCUT2D eigenvalue weighted by atomic mass is 9.62. The molecule has 1 unspecified atom stereocenters. The van der Waals surface area contributed by atoms with Gasteiger partial charge in [0.2, 0.25) is 0 Å². The first-order valence-electron chi connectivity index (χ1n) is 16.5. The van der Waals surface area contributed by atoms with Crippen LogP contribution in [-0.2, 0) is 17.3 Å². The second-order valence-electron chi connectivity index (χ2n) is 14.3.